The maximum atomic E-state index is 13.8. The molecule has 5 rings (SSSR count). The smallest absolute Gasteiger partial charge is 0.309 e. The van der Waals surface area contributed by atoms with E-state index in [9.17, 15) is 19.6 Å². The number of fused-ring (bicyclic) bond motifs is 2. The van der Waals surface area contributed by atoms with Crippen molar-refractivity contribution in [1.82, 2.24) is 19.7 Å². The molecule has 1 aliphatic carbocycles. The van der Waals surface area contributed by atoms with Gasteiger partial charge in [-0.25, -0.2) is 9.37 Å². The average molecular weight is 445 g/mol. The number of H-pyrrole nitrogens is 1. The highest BCUT2D eigenvalue weighted by Gasteiger charge is 2.50. The van der Waals surface area contributed by atoms with Gasteiger partial charge in [-0.05, 0) is 56.0 Å². The van der Waals surface area contributed by atoms with Crippen LogP contribution in [0.15, 0.2) is 36.5 Å². The van der Waals surface area contributed by atoms with Gasteiger partial charge in [0.25, 0.3) is 0 Å². The molecule has 7 nitrogen and oxygen atoms in total. The van der Waals surface area contributed by atoms with E-state index >= 15 is 0 Å². The van der Waals surface area contributed by atoms with E-state index in [1.165, 1.54) is 12.1 Å². The predicted octanol–water partition coefficient (Wildman–Crippen LogP) is 5.20. The zero-order chi connectivity index (χ0) is 23.5. The normalized spacial score (nSPS) is 20.6. The molecular weight excluding hydrogens is 421 g/mol. The van der Waals surface area contributed by atoms with Gasteiger partial charge in [0.05, 0.1) is 28.7 Å². The summed E-state index contributed by atoms with van der Waals surface area (Å²) in [5.74, 6) is -1.15. The Kier molecular flexibility index (Phi) is 4.57. The van der Waals surface area contributed by atoms with E-state index < -0.39 is 16.8 Å². The summed E-state index contributed by atoms with van der Waals surface area (Å²) in [6.45, 7) is 5.79. The van der Waals surface area contributed by atoms with Crippen LogP contribution < -0.4 is 0 Å². The topological polar surface area (TPSA) is 108 Å². The Balaban J connectivity index is 1.86. The second-order valence-corrected chi connectivity index (χ2v) is 9.93. The molecule has 8 heteroatoms. The number of hydrogen-bond donors (Lipinski definition) is 2. The molecule has 0 aliphatic heterocycles. The van der Waals surface area contributed by atoms with E-state index in [4.69, 9.17) is 4.98 Å². The highest BCUT2D eigenvalue weighted by molar-refractivity contribution is 5.94. The van der Waals surface area contributed by atoms with Crippen molar-refractivity contribution in [3.05, 3.63) is 53.6 Å². The number of aromatic nitrogens is 4. The minimum absolute atomic E-state index is 0.0175. The van der Waals surface area contributed by atoms with E-state index in [0.29, 0.717) is 18.5 Å². The molecule has 1 aromatic carbocycles. The Morgan fingerprint density at radius 2 is 2.06 bits per heavy atom. The summed E-state index contributed by atoms with van der Waals surface area (Å²) >= 11 is 0. The van der Waals surface area contributed by atoms with Crippen molar-refractivity contribution < 1.29 is 14.3 Å². The predicted molar refractivity (Wildman–Crippen MR) is 122 cm³/mol. The summed E-state index contributed by atoms with van der Waals surface area (Å²) in [5.41, 5.74) is 3.53. The lowest BCUT2D eigenvalue weighted by Gasteiger charge is -2.43. The first-order chi connectivity index (χ1) is 15.6. The van der Waals surface area contributed by atoms with Crippen molar-refractivity contribution in [2.75, 3.05) is 0 Å². The number of carbonyl (C=O) groups is 1. The number of nitriles is 1. The first-order valence-electron chi connectivity index (χ1n) is 10.9. The zero-order valence-corrected chi connectivity index (χ0v) is 18.7. The molecule has 2 N–H and O–H groups in total. The van der Waals surface area contributed by atoms with Gasteiger partial charge >= 0.3 is 5.97 Å². The molecule has 1 aliphatic rings. The van der Waals surface area contributed by atoms with Gasteiger partial charge in [0, 0.05) is 34.2 Å². The minimum atomic E-state index is -0.803. The molecule has 3 heterocycles. The summed E-state index contributed by atoms with van der Waals surface area (Å²) in [6.07, 6.45) is 2.95. The highest BCUT2D eigenvalue weighted by atomic mass is 19.1. The lowest BCUT2D eigenvalue weighted by Crippen LogP contribution is -2.41. The summed E-state index contributed by atoms with van der Waals surface area (Å²) < 4.78 is 15.8. The van der Waals surface area contributed by atoms with Crippen LogP contribution in [0.3, 0.4) is 0 Å². The van der Waals surface area contributed by atoms with E-state index in [-0.39, 0.29) is 18.2 Å². The lowest BCUT2D eigenvalue weighted by atomic mass is 9.60. The van der Waals surface area contributed by atoms with Crippen LogP contribution in [-0.4, -0.2) is 30.8 Å². The summed E-state index contributed by atoms with van der Waals surface area (Å²) in [7, 11) is 0. The zero-order valence-electron chi connectivity index (χ0n) is 18.7. The number of pyridine rings is 1. The Bertz CT molecular complexity index is 1440. The molecule has 0 spiro atoms. The van der Waals surface area contributed by atoms with Crippen molar-refractivity contribution in [3.63, 3.8) is 0 Å². The molecule has 3 aromatic heterocycles. The van der Waals surface area contributed by atoms with Gasteiger partial charge in [-0.3, -0.25) is 9.89 Å². The number of carboxylic acids is 1. The largest absolute Gasteiger partial charge is 0.481 e. The summed E-state index contributed by atoms with van der Waals surface area (Å²) in [5, 5.41) is 27.2. The third-order valence-electron chi connectivity index (χ3n) is 6.95. The highest BCUT2D eigenvalue weighted by Crippen LogP contribution is 2.55. The van der Waals surface area contributed by atoms with Crippen molar-refractivity contribution in [2.24, 2.45) is 5.41 Å². The van der Waals surface area contributed by atoms with Crippen molar-refractivity contribution in [1.29, 1.82) is 5.26 Å². The third kappa shape index (κ3) is 3.18. The van der Waals surface area contributed by atoms with Crippen LogP contribution in [0, 0.1) is 22.6 Å². The van der Waals surface area contributed by atoms with Gasteiger partial charge in [-0.2, -0.15) is 10.4 Å². The van der Waals surface area contributed by atoms with Crippen LogP contribution >= 0.6 is 0 Å². The SMILES string of the molecule is CC(C)(CC#N)c1c([C@H]2C[C@](C)(C(=O)O)C2)c2nc3[nH]ncc3cc2n1-c1ccc(F)cc1. The number of nitrogens with one attached hydrogen (secondary N) is 1. The third-order valence-corrected chi connectivity index (χ3v) is 6.95. The number of hydrogen-bond acceptors (Lipinski definition) is 4. The van der Waals surface area contributed by atoms with Crippen molar-refractivity contribution in [2.45, 2.75) is 51.4 Å². The lowest BCUT2D eigenvalue weighted by molar-refractivity contribution is -0.154. The molecule has 33 heavy (non-hydrogen) atoms. The number of nitrogens with zero attached hydrogens (tertiary/aromatic N) is 4. The van der Waals surface area contributed by atoms with Gasteiger partial charge in [-0.1, -0.05) is 13.8 Å². The fraction of sp³-hybridized carbons (Fsp3) is 0.360. The Morgan fingerprint density at radius 3 is 2.70 bits per heavy atom. The van der Waals surface area contributed by atoms with E-state index in [0.717, 1.165) is 33.4 Å². The van der Waals surface area contributed by atoms with Gasteiger partial charge < -0.3 is 9.67 Å². The van der Waals surface area contributed by atoms with Gasteiger partial charge in [-0.15, -0.1) is 0 Å². The summed E-state index contributed by atoms with van der Waals surface area (Å²) in [6, 6.07) is 10.5. The number of carboxylic acid groups (broad SMARTS) is 1. The summed E-state index contributed by atoms with van der Waals surface area (Å²) in [4.78, 5) is 16.7. The minimum Gasteiger partial charge on any atom is -0.481 e. The molecule has 0 saturated heterocycles. The van der Waals surface area contributed by atoms with E-state index in [1.807, 2.05) is 19.9 Å². The van der Waals surface area contributed by atoms with Crippen LogP contribution in [0.25, 0.3) is 27.8 Å². The first-order valence-corrected chi connectivity index (χ1v) is 10.9. The maximum absolute atomic E-state index is 13.8. The fourth-order valence-corrected chi connectivity index (χ4v) is 5.19. The molecule has 0 unspecified atom stereocenters. The Morgan fingerprint density at radius 1 is 1.36 bits per heavy atom. The second-order valence-electron chi connectivity index (χ2n) is 9.93. The van der Waals surface area contributed by atoms with Crippen molar-refractivity contribution in [3.8, 4) is 11.8 Å². The molecule has 0 radical (unpaired) electrons. The quantitative estimate of drug-likeness (QED) is 0.439. The number of halogens is 1. The van der Waals surface area contributed by atoms with Crippen LogP contribution in [0.5, 0.6) is 0 Å². The van der Waals surface area contributed by atoms with Crippen LogP contribution in [0.2, 0.25) is 0 Å². The first kappa shape index (κ1) is 21.1. The molecule has 0 bridgehead atoms. The number of aromatic amines is 1. The average Bonchev–Trinajstić information content (AvgIpc) is 3.32. The van der Waals surface area contributed by atoms with E-state index in [1.54, 1.807) is 25.3 Å². The molecule has 1 saturated carbocycles. The fourth-order valence-electron chi connectivity index (χ4n) is 5.19. The second kappa shape index (κ2) is 7.14. The van der Waals surface area contributed by atoms with Crippen LogP contribution in [0.1, 0.15) is 57.2 Å². The number of benzene rings is 1. The molecule has 4 aromatic rings. The van der Waals surface area contributed by atoms with Gasteiger partial charge in [0.2, 0.25) is 0 Å². The standard InChI is InChI=1S/C25H24FN5O2/c1-24(2,8-9-27)21-19(15-11-25(3,12-15)23(32)33)20-18(10-14-13-28-30-22(14)29-20)31(21)17-6-4-16(26)5-7-17/h4-7,10,13,15H,8,11-12H2,1-3H3,(H,32,33)(H,28,29,30)/t15-,25-. The molecule has 0 atom stereocenters. The van der Waals surface area contributed by atoms with Gasteiger partial charge in [0.1, 0.15) is 5.82 Å². The van der Waals surface area contributed by atoms with Gasteiger partial charge in [0.15, 0.2) is 5.65 Å². The van der Waals surface area contributed by atoms with Crippen molar-refractivity contribution >= 4 is 28.0 Å². The van der Waals surface area contributed by atoms with E-state index in [2.05, 4.69) is 20.8 Å². The number of aliphatic carboxylic acids is 1. The Labute approximate surface area is 189 Å². The molecular formula is C25H24FN5O2. The maximum Gasteiger partial charge on any atom is 0.309 e. The van der Waals surface area contributed by atoms with Crippen LogP contribution in [0.4, 0.5) is 4.39 Å². The molecule has 0 amide bonds. The molecule has 168 valence electrons. The monoisotopic (exact) mass is 445 g/mol. The number of rotatable bonds is 5. The Hall–Kier alpha value is -3.73. The van der Waals surface area contributed by atoms with Crippen LogP contribution in [-0.2, 0) is 10.2 Å². The molecule has 1 fully saturated rings.